The van der Waals surface area contributed by atoms with Crippen LogP contribution in [0.25, 0.3) is 0 Å². The maximum atomic E-state index is 13.3. The largest absolute Gasteiger partial charge is 0.544 e. The van der Waals surface area contributed by atoms with Crippen molar-refractivity contribution in [3.05, 3.63) is 29.8 Å². The zero-order chi connectivity index (χ0) is 29.7. The number of esters is 1. The van der Waals surface area contributed by atoms with E-state index in [0.717, 1.165) is 11.3 Å². The molecule has 2 atom stereocenters. The van der Waals surface area contributed by atoms with Crippen LogP contribution in [0.4, 0.5) is 4.79 Å². The summed E-state index contributed by atoms with van der Waals surface area (Å²) < 4.78 is 15.0. The van der Waals surface area contributed by atoms with E-state index < -0.39 is 54.4 Å². The maximum absolute atomic E-state index is 13.3. The van der Waals surface area contributed by atoms with Crippen molar-refractivity contribution >= 4 is 61.1 Å². The quantitative estimate of drug-likeness (QED) is 0.201. The van der Waals surface area contributed by atoms with Gasteiger partial charge in [0.2, 0.25) is 18.0 Å². The lowest BCUT2D eigenvalue weighted by Crippen LogP contribution is -2.53. The van der Waals surface area contributed by atoms with Crippen molar-refractivity contribution in [2.75, 3.05) is 13.7 Å². The zero-order valence-electron chi connectivity index (χ0n) is 23.9. The van der Waals surface area contributed by atoms with Crippen molar-refractivity contribution in [1.29, 1.82) is 0 Å². The van der Waals surface area contributed by atoms with Gasteiger partial charge in [0.05, 0.1) is 0 Å². The average molecular weight is 612 g/mol. The fourth-order valence-corrected chi connectivity index (χ4v) is 4.07. The summed E-state index contributed by atoms with van der Waals surface area (Å²) in [4.78, 5) is 39.6. The summed E-state index contributed by atoms with van der Waals surface area (Å²) in [6, 6.07) is 5.38. The third-order valence-corrected chi connectivity index (χ3v) is 10.8. The summed E-state index contributed by atoms with van der Waals surface area (Å²) in [6.45, 7) is 17.0. The molecule has 0 aliphatic rings. The van der Waals surface area contributed by atoms with Crippen LogP contribution in [0, 0.1) is 0 Å². The smallest absolute Gasteiger partial charge is 0.410 e. The Balaban J connectivity index is 3.11. The fraction of sp³-hybridized carbons (Fsp3) is 0.654. The molecule has 0 saturated carbocycles. The number of hydrogen-bond acceptors (Lipinski definition) is 6. The molecule has 0 aromatic heterocycles. The summed E-state index contributed by atoms with van der Waals surface area (Å²) in [7, 11) is -0.548. The number of carbonyl (C=O) groups excluding carboxylic acids is 3. The van der Waals surface area contributed by atoms with Gasteiger partial charge in [-0.25, -0.2) is 9.59 Å². The minimum absolute atomic E-state index is 0.0433. The SMILES string of the molecule is C[C@H](NC(=O)[C@@H](Cc1ccc(O[Si](C)(C)C(C)(C)C)cc1)N(C)C(=O)OC(C)(C)C)C(=O)OCC(Cl)(Cl)Cl. The lowest BCUT2D eigenvalue weighted by Gasteiger charge is -2.36. The van der Waals surface area contributed by atoms with E-state index in [1.54, 1.807) is 20.8 Å². The number of halogens is 3. The summed E-state index contributed by atoms with van der Waals surface area (Å²) in [6.07, 6.45) is -0.514. The first-order valence-electron chi connectivity index (χ1n) is 12.3. The molecule has 0 unspecified atom stereocenters. The van der Waals surface area contributed by atoms with Crippen LogP contribution in [0.3, 0.4) is 0 Å². The van der Waals surface area contributed by atoms with Crippen LogP contribution in [0.1, 0.15) is 54.0 Å². The molecule has 0 radical (unpaired) electrons. The van der Waals surface area contributed by atoms with Gasteiger partial charge >= 0.3 is 12.1 Å². The number of carbonyl (C=O) groups is 3. The first-order chi connectivity index (χ1) is 17.0. The summed E-state index contributed by atoms with van der Waals surface area (Å²) in [5.41, 5.74) is 0.0261. The number of nitrogens with one attached hydrogen (secondary N) is 1. The molecule has 8 nitrogen and oxygen atoms in total. The lowest BCUT2D eigenvalue weighted by molar-refractivity contribution is -0.147. The number of alkyl halides is 3. The highest BCUT2D eigenvalue weighted by Crippen LogP contribution is 2.37. The van der Waals surface area contributed by atoms with E-state index >= 15 is 0 Å². The van der Waals surface area contributed by atoms with Gasteiger partial charge in [-0.15, -0.1) is 0 Å². The van der Waals surface area contributed by atoms with Crippen LogP contribution in [0.5, 0.6) is 5.75 Å². The molecule has 38 heavy (non-hydrogen) atoms. The van der Waals surface area contributed by atoms with E-state index in [-0.39, 0.29) is 11.5 Å². The third-order valence-electron chi connectivity index (χ3n) is 6.07. The Bertz CT molecular complexity index is 969. The van der Waals surface area contributed by atoms with Crippen molar-refractivity contribution in [3.8, 4) is 5.75 Å². The van der Waals surface area contributed by atoms with Crippen LogP contribution in [0.2, 0.25) is 18.1 Å². The molecule has 0 heterocycles. The molecule has 1 N–H and O–H groups in total. The highest BCUT2D eigenvalue weighted by molar-refractivity contribution is 6.74. The second-order valence-electron chi connectivity index (χ2n) is 11.8. The predicted octanol–water partition coefficient (Wildman–Crippen LogP) is 6.27. The van der Waals surface area contributed by atoms with E-state index in [2.05, 4.69) is 39.2 Å². The van der Waals surface area contributed by atoms with E-state index in [4.69, 9.17) is 48.7 Å². The lowest BCUT2D eigenvalue weighted by atomic mass is 10.0. The minimum Gasteiger partial charge on any atom is -0.544 e. The summed E-state index contributed by atoms with van der Waals surface area (Å²) >= 11 is 16.9. The van der Waals surface area contributed by atoms with E-state index in [1.165, 1.54) is 18.9 Å². The molecule has 0 fully saturated rings. The Hall–Kier alpha value is -1.68. The Morgan fingerprint density at radius 2 is 1.53 bits per heavy atom. The monoisotopic (exact) mass is 610 g/mol. The molecule has 216 valence electrons. The molecule has 1 aromatic carbocycles. The van der Waals surface area contributed by atoms with Crippen molar-refractivity contribution in [2.24, 2.45) is 0 Å². The van der Waals surface area contributed by atoms with Gasteiger partial charge in [0.25, 0.3) is 0 Å². The van der Waals surface area contributed by atoms with Gasteiger partial charge in [0.1, 0.15) is 30.0 Å². The molecule has 2 amide bonds. The molecule has 0 bridgehead atoms. The van der Waals surface area contributed by atoms with Gasteiger partial charge in [0.15, 0.2) is 0 Å². The van der Waals surface area contributed by atoms with Crippen LogP contribution < -0.4 is 9.74 Å². The van der Waals surface area contributed by atoms with Crippen molar-refractivity contribution < 1.29 is 28.3 Å². The van der Waals surface area contributed by atoms with Crippen molar-refractivity contribution in [2.45, 2.75) is 94.5 Å². The number of ether oxygens (including phenoxy) is 2. The van der Waals surface area contributed by atoms with E-state index in [1.807, 2.05) is 24.3 Å². The van der Waals surface area contributed by atoms with Crippen LogP contribution in [0.15, 0.2) is 24.3 Å². The summed E-state index contributed by atoms with van der Waals surface area (Å²) in [5, 5.41) is 2.63. The van der Waals surface area contributed by atoms with Gasteiger partial charge in [0, 0.05) is 13.5 Å². The molecule has 1 rings (SSSR count). The van der Waals surface area contributed by atoms with Crippen LogP contribution >= 0.6 is 34.8 Å². The second kappa shape index (κ2) is 13.1. The van der Waals surface area contributed by atoms with Crippen LogP contribution in [-0.2, 0) is 25.5 Å². The average Bonchev–Trinajstić information content (AvgIpc) is 2.73. The molecule has 0 aliphatic heterocycles. The van der Waals surface area contributed by atoms with Gasteiger partial charge < -0.3 is 19.2 Å². The predicted molar refractivity (Wildman–Crippen MR) is 155 cm³/mol. The van der Waals surface area contributed by atoms with Gasteiger partial charge in [-0.3, -0.25) is 9.69 Å². The van der Waals surface area contributed by atoms with E-state index in [9.17, 15) is 14.4 Å². The molecule has 0 spiro atoms. The number of benzene rings is 1. The highest BCUT2D eigenvalue weighted by Gasteiger charge is 2.39. The molecular formula is C26H41Cl3N2O6Si. The Kier molecular flexibility index (Phi) is 11.9. The number of nitrogens with zero attached hydrogens (tertiary/aromatic N) is 1. The number of amides is 2. The van der Waals surface area contributed by atoms with Gasteiger partial charge in [-0.2, -0.15) is 0 Å². The van der Waals surface area contributed by atoms with E-state index in [0.29, 0.717) is 0 Å². The topological polar surface area (TPSA) is 94.2 Å². The van der Waals surface area contributed by atoms with Crippen LogP contribution in [-0.4, -0.2) is 66.3 Å². The van der Waals surface area contributed by atoms with Crippen molar-refractivity contribution in [3.63, 3.8) is 0 Å². The molecule has 0 saturated heterocycles. The minimum atomic E-state index is -2.02. The molecular weight excluding hydrogens is 571 g/mol. The first kappa shape index (κ1) is 34.3. The number of rotatable bonds is 9. The van der Waals surface area contributed by atoms with Crippen molar-refractivity contribution in [1.82, 2.24) is 10.2 Å². The Labute approximate surface area is 242 Å². The Morgan fingerprint density at radius 1 is 1.00 bits per heavy atom. The standard InChI is InChI=1S/C26H41Cl3N2O6Si/c1-17(22(33)35-16-26(27,28)29)30-21(32)20(31(8)23(34)36-24(2,3)4)15-18-11-13-19(14-12-18)37-38(9,10)25(5,6)7/h11-14,17,20H,15-16H2,1-10H3,(H,30,32)/t17-,20+/m0/s1. The summed E-state index contributed by atoms with van der Waals surface area (Å²) in [5.74, 6) is -0.610. The fourth-order valence-electron chi connectivity index (χ4n) is 2.88. The molecule has 12 heteroatoms. The van der Waals surface area contributed by atoms with Gasteiger partial charge in [-0.1, -0.05) is 67.7 Å². The third kappa shape index (κ3) is 11.6. The normalized spacial score (nSPS) is 14.2. The zero-order valence-corrected chi connectivity index (χ0v) is 27.2. The maximum Gasteiger partial charge on any atom is 0.410 e. The van der Waals surface area contributed by atoms with Gasteiger partial charge in [-0.05, 0) is 63.5 Å². The molecule has 0 aliphatic carbocycles. The molecule has 1 aromatic rings. The highest BCUT2D eigenvalue weighted by atomic mass is 35.6. The Morgan fingerprint density at radius 3 is 1.97 bits per heavy atom. The number of hydrogen-bond donors (Lipinski definition) is 1. The number of likely N-dealkylation sites (N-methyl/N-ethyl adjacent to an activating group) is 1. The first-order valence-corrected chi connectivity index (χ1v) is 16.3. The second-order valence-corrected chi connectivity index (χ2v) is 19.0.